The number of carbonyl (C=O) groups excluding carboxylic acids is 1. The van der Waals surface area contributed by atoms with Crippen molar-refractivity contribution in [2.45, 2.75) is 31.7 Å². The molecule has 156 valence electrons. The highest BCUT2D eigenvalue weighted by Crippen LogP contribution is 2.28. The van der Waals surface area contributed by atoms with Crippen LogP contribution in [0.5, 0.6) is 0 Å². The number of amides is 1. The number of halogens is 1. The van der Waals surface area contributed by atoms with Crippen LogP contribution in [0.2, 0.25) is 5.02 Å². The number of aromatic nitrogens is 3. The van der Waals surface area contributed by atoms with Crippen molar-refractivity contribution >= 4 is 51.7 Å². The molecule has 0 unspecified atom stereocenters. The fourth-order valence-electron chi connectivity index (χ4n) is 3.99. The molecule has 1 amide bonds. The van der Waals surface area contributed by atoms with E-state index in [2.05, 4.69) is 10.4 Å². The number of nitrogens with one attached hydrogen (secondary N) is 1. The summed E-state index contributed by atoms with van der Waals surface area (Å²) in [5.41, 5.74) is 9.88. The summed E-state index contributed by atoms with van der Waals surface area (Å²) in [6.07, 6.45) is 5.86. The number of hydrogen-bond acceptors (Lipinski definition) is 5. The molecule has 0 saturated heterocycles. The van der Waals surface area contributed by atoms with Crippen LogP contribution < -0.4 is 11.1 Å². The third-order valence-electron chi connectivity index (χ3n) is 5.58. The lowest BCUT2D eigenvalue weighted by atomic mass is 10.2. The molecule has 1 aliphatic carbocycles. The summed E-state index contributed by atoms with van der Waals surface area (Å²) in [5, 5.41) is 8.26. The van der Waals surface area contributed by atoms with Crippen molar-refractivity contribution in [2.24, 2.45) is 5.10 Å². The Morgan fingerprint density at radius 2 is 1.77 bits per heavy atom. The Kier molecular flexibility index (Phi) is 5.03. The van der Waals surface area contributed by atoms with Gasteiger partial charge < -0.3 is 11.1 Å². The standard InChI is InChI=1S/C23H21ClN6O/c24-15-11-9-14(10-12-15)13-26-30-21(25)19(23(31)27-16-5-1-2-6-16)20-22(30)29-18-8-4-3-7-17(18)28-20/h3-4,7-13,16H,1-2,5-6,25H2,(H,27,31). The first kappa shape index (κ1) is 19.5. The van der Waals surface area contributed by atoms with E-state index in [0.717, 1.165) is 31.2 Å². The zero-order valence-electron chi connectivity index (χ0n) is 16.8. The summed E-state index contributed by atoms with van der Waals surface area (Å²) < 4.78 is 1.48. The number of anilines is 1. The molecule has 0 spiro atoms. The number of nitrogen functional groups attached to an aromatic ring is 1. The number of nitrogens with zero attached hydrogens (tertiary/aromatic N) is 4. The summed E-state index contributed by atoms with van der Waals surface area (Å²) in [6, 6.07) is 15.0. The molecule has 31 heavy (non-hydrogen) atoms. The Bertz CT molecular complexity index is 1310. The Labute approximate surface area is 183 Å². The second-order valence-electron chi connectivity index (χ2n) is 7.71. The van der Waals surface area contributed by atoms with E-state index in [1.165, 1.54) is 4.68 Å². The topological polar surface area (TPSA) is 98.2 Å². The van der Waals surface area contributed by atoms with Crippen LogP contribution in [0, 0.1) is 0 Å². The van der Waals surface area contributed by atoms with E-state index in [-0.39, 0.29) is 17.8 Å². The van der Waals surface area contributed by atoms with Crippen molar-refractivity contribution in [1.82, 2.24) is 20.0 Å². The molecule has 2 heterocycles. The average Bonchev–Trinajstić information content (AvgIpc) is 3.37. The van der Waals surface area contributed by atoms with Crippen LogP contribution in [-0.4, -0.2) is 32.8 Å². The Balaban J connectivity index is 1.64. The number of hydrogen-bond donors (Lipinski definition) is 2. The largest absolute Gasteiger partial charge is 0.383 e. The van der Waals surface area contributed by atoms with Gasteiger partial charge in [-0.05, 0) is 42.7 Å². The van der Waals surface area contributed by atoms with Crippen LogP contribution in [-0.2, 0) is 0 Å². The quantitative estimate of drug-likeness (QED) is 0.467. The first-order chi connectivity index (χ1) is 15.1. The number of carbonyl (C=O) groups is 1. The van der Waals surface area contributed by atoms with Gasteiger partial charge in [0.25, 0.3) is 5.91 Å². The van der Waals surface area contributed by atoms with Crippen LogP contribution in [0.3, 0.4) is 0 Å². The lowest BCUT2D eigenvalue weighted by Crippen LogP contribution is -2.33. The van der Waals surface area contributed by atoms with E-state index < -0.39 is 0 Å². The minimum atomic E-state index is -0.237. The molecular formula is C23H21ClN6O. The molecule has 2 aromatic heterocycles. The summed E-state index contributed by atoms with van der Waals surface area (Å²) in [5.74, 6) is -0.0227. The normalized spacial score (nSPS) is 14.7. The average molecular weight is 433 g/mol. The molecule has 7 nitrogen and oxygen atoms in total. The smallest absolute Gasteiger partial charge is 0.257 e. The van der Waals surface area contributed by atoms with E-state index in [9.17, 15) is 4.79 Å². The molecule has 0 bridgehead atoms. The molecule has 1 saturated carbocycles. The molecule has 0 radical (unpaired) electrons. The van der Waals surface area contributed by atoms with Gasteiger partial charge in [0.1, 0.15) is 16.9 Å². The maximum atomic E-state index is 13.2. The van der Waals surface area contributed by atoms with Gasteiger partial charge in [-0.3, -0.25) is 4.79 Å². The Morgan fingerprint density at radius 1 is 1.10 bits per heavy atom. The number of nitrogens with two attached hydrogens (primary N) is 1. The van der Waals surface area contributed by atoms with Crippen LogP contribution in [0.4, 0.5) is 5.82 Å². The van der Waals surface area contributed by atoms with Gasteiger partial charge >= 0.3 is 0 Å². The van der Waals surface area contributed by atoms with Crippen molar-refractivity contribution in [1.29, 1.82) is 0 Å². The molecule has 8 heteroatoms. The van der Waals surface area contributed by atoms with Gasteiger partial charge in [-0.2, -0.15) is 9.78 Å². The minimum absolute atomic E-state index is 0.163. The Hall–Kier alpha value is -3.45. The first-order valence-electron chi connectivity index (χ1n) is 10.3. The van der Waals surface area contributed by atoms with Crippen molar-refractivity contribution in [3.05, 3.63) is 64.7 Å². The third kappa shape index (κ3) is 3.72. The molecular weight excluding hydrogens is 412 g/mol. The van der Waals surface area contributed by atoms with Gasteiger partial charge in [0.2, 0.25) is 0 Å². The van der Waals surface area contributed by atoms with Crippen LogP contribution in [0.25, 0.3) is 22.2 Å². The molecule has 5 rings (SSSR count). The monoisotopic (exact) mass is 432 g/mol. The maximum absolute atomic E-state index is 13.2. The van der Waals surface area contributed by atoms with Gasteiger partial charge in [0.15, 0.2) is 5.65 Å². The van der Waals surface area contributed by atoms with Gasteiger partial charge in [-0.15, -0.1) is 0 Å². The number of rotatable bonds is 4. The zero-order valence-corrected chi connectivity index (χ0v) is 17.5. The second kappa shape index (κ2) is 8.00. The van der Waals surface area contributed by atoms with Crippen molar-refractivity contribution < 1.29 is 4.79 Å². The molecule has 0 atom stereocenters. The summed E-state index contributed by atoms with van der Waals surface area (Å²) in [4.78, 5) is 22.6. The summed E-state index contributed by atoms with van der Waals surface area (Å²) >= 11 is 5.96. The molecule has 1 aliphatic rings. The van der Waals surface area contributed by atoms with E-state index in [1.807, 2.05) is 36.4 Å². The van der Waals surface area contributed by atoms with Gasteiger partial charge in [0.05, 0.1) is 17.2 Å². The lowest BCUT2D eigenvalue weighted by Gasteiger charge is -2.11. The Morgan fingerprint density at radius 3 is 2.48 bits per heavy atom. The van der Waals surface area contributed by atoms with Crippen molar-refractivity contribution in [2.75, 3.05) is 5.73 Å². The SMILES string of the molecule is Nc1c(C(=O)NC2CCCC2)c2nc3ccccc3nc2n1N=Cc1ccc(Cl)cc1. The van der Waals surface area contributed by atoms with Gasteiger partial charge in [0, 0.05) is 11.1 Å². The molecule has 3 N–H and O–H groups in total. The highest BCUT2D eigenvalue weighted by molar-refractivity contribution is 6.30. The lowest BCUT2D eigenvalue weighted by molar-refractivity contribution is 0.0940. The van der Waals surface area contributed by atoms with Crippen molar-refractivity contribution in [3.8, 4) is 0 Å². The second-order valence-corrected chi connectivity index (χ2v) is 8.14. The first-order valence-corrected chi connectivity index (χ1v) is 10.7. The minimum Gasteiger partial charge on any atom is -0.383 e. The number of benzene rings is 2. The van der Waals surface area contributed by atoms with Gasteiger partial charge in [-0.1, -0.05) is 48.7 Å². The van der Waals surface area contributed by atoms with Crippen LogP contribution >= 0.6 is 11.6 Å². The van der Waals surface area contributed by atoms with Crippen LogP contribution in [0.1, 0.15) is 41.6 Å². The fraction of sp³-hybridized carbons (Fsp3) is 0.217. The highest BCUT2D eigenvalue weighted by atomic mass is 35.5. The highest BCUT2D eigenvalue weighted by Gasteiger charge is 2.26. The van der Waals surface area contributed by atoms with E-state index in [1.54, 1.807) is 18.3 Å². The predicted octanol–water partition coefficient (Wildman–Crippen LogP) is 4.37. The molecule has 2 aromatic carbocycles. The fourth-order valence-corrected chi connectivity index (χ4v) is 4.12. The zero-order chi connectivity index (χ0) is 21.4. The van der Waals surface area contributed by atoms with Gasteiger partial charge in [-0.25, -0.2) is 9.97 Å². The summed E-state index contributed by atoms with van der Waals surface area (Å²) in [6.45, 7) is 0. The summed E-state index contributed by atoms with van der Waals surface area (Å²) in [7, 11) is 0. The van der Waals surface area contributed by atoms with E-state index in [0.29, 0.717) is 32.8 Å². The third-order valence-corrected chi connectivity index (χ3v) is 5.84. The van der Waals surface area contributed by atoms with E-state index in [4.69, 9.17) is 27.3 Å². The maximum Gasteiger partial charge on any atom is 0.257 e. The van der Waals surface area contributed by atoms with E-state index >= 15 is 0 Å². The van der Waals surface area contributed by atoms with Crippen molar-refractivity contribution in [3.63, 3.8) is 0 Å². The number of fused-ring (bicyclic) bond motifs is 2. The number of para-hydroxylation sites is 2. The molecule has 0 aliphatic heterocycles. The predicted molar refractivity (Wildman–Crippen MR) is 124 cm³/mol. The molecule has 1 fully saturated rings. The molecule has 4 aromatic rings. The van der Waals surface area contributed by atoms with Crippen LogP contribution in [0.15, 0.2) is 53.6 Å².